The molecule has 1 aliphatic rings. The molecule has 0 radical (unpaired) electrons. The van der Waals surface area contributed by atoms with Gasteiger partial charge < -0.3 is 19.7 Å². The summed E-state index contributed by atoms with van der Waals surface area (Å²) in [7, 11) is 1.60. The van der Waals surface area contributed by atoms with E-state index < -0.39 is 5.60 Å². The number of carbonyl (C=O) groups is 1. The van der Waals surface area contributed by atoms with Crippen LogP contribution >= 0.6 is 0 Å². The van der Waals surface area contributed by atoms with Gasteiger partial charge in [-0.2, -0.15) is 0 Å². The minimum absolute atomic E-state index is 0.0557. The number of carbonyl (C=O) groups excluding carboxylic acids is 1. The maximum absolute atomic E-state index is 13.4. The number of hydrogen-bond donors (Lipinski definition) is 2. The first-order valence-corrected chi connectivity index (χ1v) is 9.67. The average Bonchev–Trinajstić information content (AvgIpc) is 3.01. The molecule has 28 heavy (non-hydrogen) atoms. The standard InChI is InChI=1S/C23H26N2O3/c1-15-16(2)24-21-17(15)8-6-9-18(21)22(26)25-13-7-12-23(27,14-25)19-10-4-5-11-20(19)28-3/h4-6,8-11,24,27H,7,12-14H2,1-3H3/t23-/m0/s1. The van der Waals surface area contributed by atoms with Crippen LogP contribution in [-0.4, -0.2) is 41.1 Å². The van der Waals surface area contributed by atoms with Gasteiger partial charge in [0.2, 0.25) is 0 Å². The molecule has 5 nitrogen and oxygen atoms in total. The number of aryl methyl sites for hydroxylation is 2. The first-order valence-electron chi connectivity index (χ1n) is 9.67. The highest BCUT2D eigenvalue weighted by atomic mass is 16.5. The van der Waals surface area contributed by atoms with Crippen LogP contribution < -0.4 is 4.74 Å². The highest BCUT2D eigenvalue weighted by Gasteiger charge is 2.39. The molecule has 0 unspecified atom stereocenters. The number of piperidine rings is 1. The van der Waals surface area contributed by atoms with Crippen molar-refractivity contribution in [1.29, 1.82) is 0 Å². The fourth-order valence-corrected chi connectivity index (χ4v) is 4.29. The van der Waals surface area contributed by atoms with Crippen LogP contribution in [0.2, 0.25) is 0 Å². The fourth-order valence-electron chi connectivity index (χ4n) is 4.29. The van der Waals surface area contributed by atoms with Gasteiger partial charge in [-0.05, 0) is 44.4 Å². The molecule has 1 aliphatic heterocycles. The zero-order valence-electron chi connectivity index (χ0n) is 16.6. The number of benzene rings is 2. The number of nitrogens with one attached hydrogen (secondary N) is 1. The number of hydrogen-bond acceptors (Lipinski definition) is 3. The van der Waals surface area contributed by atoms with Crippen molar-refractivity contribution in [2.45, 2.75) is 32.3 Å². The number of ether oxygens (including phenoxy) is 1. The lowest BCUT2D eigenvalue weighted by Crippen LogP contribution is -2.48. The van der Waals surface area contributed by atoms with E-state index in [1.807, 2.05) is 49.4 Å². The molecule has 1 amide bonds. The molecule has 2 heterocycles. The second-order valence-corrected chi connectivity index (χ2v) is 7.67. The molecule has 146 valence electrons. The van der Waals surface area contributed by atoms with E-state index in [-0.39, 0.29) is 12.5 Å². The molecular formula is C23H26N2O3. The summed E-state index contributed by atoms with van der Waals surface area (Å²) in [5.74, 6) is 0.594. The smallest absolute Gasteiger partial charge is 0.256 e. The van der Waals surface area contributed by atoms with Gasteiger partial charge in [-0.3, -0.25) is 4.79 Å². The number of rotatable bonds is 3. The van der Waals surface area contributed by atoms with E-state index >= 15 is 0 Å². The lowest BCUT2D eigenvalue weighted by atomic mass is 9.85. The molecule has 0 bridgehead atoms. The summed E-state index contributed by atoms with van der Waals surface area (Å²) < 4.78 is 5.45. The molecule has 3 aromatic rings. The van der Waals surface area contributed by atoms with Crippen molar-refractivity contribution in [1.82, 2.24) is 9.88 Å². The van der Waals surface area contributed by atoms with Crippen LogP contribution in [0.3, 0.4) is 0 Å². The number of nitrogens with zero attached hydrogens (tertiary/aromatic N) is 1. The summed E-state index contributed by atoms with van der Waals surface area (Å²) in [6.07, 6.45) is 1.33. The van der Waals surface area contributed by atoms with Gasteiger partial charge in [0.1, 0.15) is 11.4 Å². The Bertz CT molecular complexity index is 1040. The van der Waals surface area contributed by atoms with Crippen molar-refractivity contribution in [3.05, 3.63) is 64.8 Å². The molecule has 1 saturated heterocycles. The van der Waals surface area contributed by atoms with Crippen LogP contribution in [0.1, 0.15) is 40.0 Å². The molecule has 1 atom stereocenters. The average molecular weight is 378 g/mol. The third kappa shape index (κ3) is 2.96. The third-order valence-corrected chi connectivity index (χ3v) is 5.94. The summed E-state index contributed by atoms with van der Waals surface area (Å²) in [4.78, 5) is 18.5. The van der Waals surface area contributed by atoms with Gasteiger partial charge in [-0.25, -0.2) is 0 Å². The third-order valence-electron chi connectivity index (χ3n) is 5.94. The number of methoxy groups -OCH3 is 1. The quantitative estimate of drug-likeness (QED) is 0.726. The Kier molecular flexibility index (Phi) is 4.63. The number of β-amino-alcohol motifs (C(OH)–C–C–N with tert-alkyl or cyclic N) is 1. The summed E-state index contributed by atoms with van der Waals surface area (Å²) in [5.41, 5.74) is 3.37. The molecule has 0 saturated carbocycles. The number of aromatic amines is 1. The zero-order valence-corrected chi connectivity index (χ0v) is 16.6. The van der Waals surface area contributed by atoms with Crippen LogP contribution in [-0.2, 0) is 5.60 Å². The second-order valence-electron chi connectivity index (χ2n) is 7.67. The van der Waals surface area contributed by atoms with Crippen LogP contribution in [0.4, 0.5) is 0 Å². The first kappa shape index (κ1) is 18.6. The van der Waals surface area contributed by atoms with E-state index in [0.717, 1.165) is 34.1 Å². The summed E-state index contributed by atoms with van der Waals surface area (Å²) in [5, 5.41) is 12.5. The number of para-hydroxylation sites is 2. The number of H-pyrrole nitrogens is 1. The van der Waals surface area contributed by atoms with Gasteiger partial charge in [0, 0.05) is 23.2 Å². The molecule has 1 fully saturated rings. The van der Waals surface area contributed by atoms with Crippen LogP contribution in [0.15, 0.2) is 42.5 Å². The van der Waals surface area contributed by atoms with Crippen molar-refractivity contribution in [2.24, 2.45) is 0 Å². The minimum Gasteiger partial charge on any atom is -0.496 e. The summed E-state index contributed by atoms with van der Waals surface area (Å²) in [6.45, 7) is 4.96. The largest absolute Gasteiger partial charge is 0.496 e. The number of amides is 1. The van der Waals surface area contributed by atoms with Crippen molar-refractivity contribution < 1.29 is 14.6 Å². The second kappa shape index (κ2) is 6.99. The van der Waals surface area contributed by atoms with E-state index in [2.05, 4.69) is 11.9 Å². The van der Waals surface area contributed by atoms with Crippen molar-refractivity contribution in [3.63, 3.8) is 0 Å². The van der Waals surface area contributed by atoms with Crippen molar-refractivity contribution in [3.8, 4) is 5.75 Å². The molecule has 0 aliphatic carbocycles. The van der Waals surface area contributed by atoms with E-state index in [0.29, 0.717) is 24.3 Å². The van der Waals surface area contributed by atoms with Crippen LogP contribution in [0, 0.1) is 13.8 Å². The summed E-state index contributed by atoms with van der Waals surface area (Å²) >= 11 is 0. The molecule has 1 aromatic heterocycles. The molecule has 5 heteroatoms. The van der Waals surface area contributed by atoms with Crippen LogP contribution in [0.25, 0.3) is 10.9 Å². The highest BCUT2D eigenvalue weighted by Crippen LogP contribution is 2.37. The van der Waals surface area contributed by atoms with Gasteiger partial charge in [0.15, 0.2) is 0 Å². The number of aliphatic hydroxyl groups is 1. The fraction of sp³-hybridized carbons (Fsp3) is 0.348. The van der Waals surface area contributed by atoms with Crippen molar-refractivity contribution in [2.75, 3.05) is 20.2 Å². The lowest BCUT2D eigenvalue weighted by molar-refractivity contribution is -0.0302. The van der Waals surface area contributed by atoms with Gasteiger partial charge in [0.05, 0.1) is 24.7 Å². The van der Waals surface area contributed by atoms with Gasteiger partial charge >= 0.3 is 0 Å². The molecule has 2 aromatic carbocycles. The molecule has 0 spiro atoms. The monoisotopic (exact) mass is 378 g/mol. The number of likely N-dealkylation sites (tertiary alicyclic amines) is 1. The Morgan fingerprint density at radius 1 is 1.18 bits per heavy atom. The molecule has 2 N–H and O–H groups in total. The lowest BCUT2D eigenvalue weighted by Gasteiger charge is -2.40. The van der Waals surface area contributed by atoms with Gasteiger partial charge in [0.25, 0.3) is 5.91 Å². The maximum atomic E-state index is 13.4. The van der Waals surface area contributed by atoms with Gasteiger partial charge in [-0.15, -0.1) is 0 Å². The molecule has 4 rings (SSSR count). The van der Waals surface area contributed by atoms with E-state index in [9.17, 15) is 9.90 Å². The normalized spacial score (nSPS) is 19.8. The Morgan fingerprint density at radius 2 is 1.96 bits per heavy atom. The minimum atomic E-state index is -1.12. The predicted molar refractivity (Wildman–Crippen MR) is 110 cm³/mol. The SMILES string of the molecule is COc1ccccc1[C@]1(O)CCCN(C(=O)c2cccc3c(C)c(C)[nH]c23)C1. The zero-order chi connectivity index (χ0) is 19.9. The molecular weight excluding hydrogens is 352 g/mol. The number of fused-ring (bicyclic) bond motifs is 1. The highest BCUT2D eigenvalue weighted by molar-refractivity contribution is 6.06. The van der Waals surface area contributed by atoms with Crippen molar-refractivity contribution >= 4 is 16.8 Å². The first-order chi connectivity index (χ1) is 13.4. The maximum Gasteiger partial charge on any atom is 0.256 e. The Labute approximate surface area is 164 Å². The van der Waals surface area contributed by atoms with E-state index in [4.69, 9.17) is 4.74 Å². The Balaban J connectivity index is 1.69. The van der Waals surface area contributed by atoms with Gasteiger partial charge in [-0.1, -0.05) is 30.3 Å². The number of aromatic nitrogens is 1. The van der Waals surface area contributed by atoms with E-state index in [1.54, 1.807) is 12.0 Å². The predicted octanol–water partition coefficient (Wildman–Crippen LogP) is 3.92. The van der Waals surface area contributed by atoms with Crippen LogP contribution in [0.5, 0.6) is 5.75 Å². The summed E-state index contributed by atoms with van der Waals surface area (Å²) in [6, 6.07) is 13.3. The topological polar surface area (TPSA) is 65.6 Å². The Hall–Kier alpha value is -2.79. The Morgan fingerprint density at radius 3 is 2.75 bits per heavy atom. The van der Waals surface area contributed by atoms with E-state index in [1.165, 1.54) is 0 Å².